The lowest BCUT2D eigenvalue weighted by molar-refractivity contribution is -0.388. The molecule has 0 fully saturated rings. The highest BCUT2D eigenvalue weighted by Gasteiger charge is 2.19. The molecular weight excluding hydrogens is 300 g/mol. The van der Waals surface area contributed by atoms with Crippen LogP contribution in [0.2, 0.25) is 0 Å². The smallest absolute Gasteiger partial charge is 0.301 e. The Balaban J connectivity index is 2.32. The third-order valence-corrected chi connectivity index (χ3v) is 4.39. The minimum atomic E-state index is -0.456. The largest absolute Gasteiger partial charge is 0.373 e. The van der Waals surface area contributed by atoms with Crippen LogP contribution in [0.5, 0.6) is 0 Å². The number of nitrogens with zero attached hydrogens (tertiary/aromatic N) is 5. The second-order valence-electron chi connectivity index (χ2n) is 3.87. The molecule has 2 heterocycles. The van der Waals surface area contributed by atoms with Crippen molar-refractivity contribution in [3.05, 3.63) is 22.2 Å². The van der Waals surface area contributed by atoms with E-state index in [0.717, 1.165) is 16.9 Å². The first-order valence-corrected chi connectivity index (χ1v) is 7.16. The van der Waals surface area contributed by atoms with Crippen molar-refractivity contribution >= 4 is 39.7 Å². The summed E-state index contributed by atoms with van der Waals surface area (Å²) >= 11 is 2.49. The Hall–Kier alpha value is -1.94. The minimum Gasteiger partial charge on any atom is -0.373 e. The Morgan fingerprint density at radius 1 is 1.40 bits per heavy atom. The molecule has 0 bridgehead atoms. The Kier molecular flexibility index (Phi) is 4.35. The number of hydrogen-bond donors (Lipinski definition) is 1. The van der Waals surface area contributed by atoms with E-state index in [1.54, 1.807) is 13.1 Å². The lowest BCUT2D eigenvalue weighted by Gasteiger charge is -2.04. The van der Waals surface area contributed by atoms with E-state index in [9.17, 15) is 10.1 Å². The molecule has 0 amide bonds. The van der Waals surface area contributed by atoms with Crippen molar-refractivity contribution in [2.24, 2.45) is 0 Å². The zero-order chi connectivity index (χ0) is 14.7. The minimum absolute atomic E-state index is 0.0457. The van der Waals surface area contributed by atoms with Gasteiger partial charge in [0, 0.05) is 27.2 Å². The van der Waals surface area contributed by atoms with Gasteiger partial charge in [0.1, 0.15) is 5.82 Å². The number of rotatable bonds is 5. The number of anilines is 2. The SMILES string of the molecule is CNc1ccc([N+](=O)[O-])c(Sc2nnc(N(C)C)s2)n1. The average Bonchev–Trinajstić information content (AvgIpc) is 2.87. The molecule has 0 aliphatic heterocycles. The molecule has 0 aromatic carbocycles. The number of nitro groups is 1. The Morgan fingerprint density at radius 3 is 2.70 bits per heavy atom. The van der Waals surface area contributed by atoms with Gasteiger partial charge < -0.3 is 10.2 Å². The van der Waals surface area contributed by atoms with Crippen molar-refractivity contribution in [3.63, 3.8) is 0 Å². The Labute approximate surface area is 123 Å². The summed E-state index contributed by atoms with van der Waals surface area (Å²) in [6.45, 7) is 0. The molecule has 0 aliphatic rings. The van der Waals surface area contributed by atoms with Gasteiger partial charge in [0.05, 0.1) is 4.92 Å². The van der Waals surface area contributed by atoms with Crippen LogP contribution in [0.15, 0.2) is 21.5 Å². The third-order valence-electron chi connectivity index (χ3n) is 2.26. The van der Waals surface area contributed by atoms with Crippen molar-refractivity contribution in [1.29, 1.82) is 0 Å². The van der Waals surface area contributed by atoms with E-state index >= 15 is 0 Å². The van der Waals surface area contributed by atoms with Gasteiger partial charge >= 0.3 is 5.69 Å². The molecule has 0 saturated heterocycles. The first-order valence-electron chi connectivity index (χ1n) is 5.53. The average molecular weight is 312 g/mol. The summed E-state index contributed by atoms with van der Waals surface area (Å²) in [4.78, 5) is 16.6. The second-order valence-corrected chi connectivity index (χ2v) is 6.07. The van der Waals surface area contributed by atoms with Crippen molar-refractivity contribution in [1.82, 2.24) is 15.2 Å². The van der Waals surface area contributed by atoms with E-state index in [1.807, 2.05) is 19.0 Å². The summed E-state index contributed by atoms with van der Waals surface area (Å²) in [5.74, 6) is 0.565. The number of pyridine rings is 1. The van der Waals surface area contributed by atoms with Gasteiger partial charge in [-0.25, -0.2) is 4.98 Å². The van der Waals surface area contributed by atoms with Crippen LogP contribution >= 0.6 is 23.1 Å². The molecule has 0 spiro atoms. The van der Waals surface area contributed by atoms with E-state index in [0.29, 0.717) is 15.2 Å². The molecule has 106 valence electrons. The molecule has 1 N–H and O–H groups in total. The van der Waals surface area contributed by atoms with Crippen molar-refractivity contribution < 1.29 is 4.92 Å². The quantitative estimate of drug-likeness (QED) is 0.662. The van der Waals surface area contributed by atoms with E-state index in [2.05, 4.69) is 20.5 Å². The van der Waals surface area contributed by atoms with Gasteiger partial charge in [0.15, 0.2) is 9.37 Å². The number of hydrogen-bond acceptors (Lipinski definition) is 9. The summed E-state index contributed by atoms with van der Waals surface area (Å²) in [5, 5.41) is 22.9. The van der Waals surface area contributed by atoms with E-state index in [1.165, 1.54) is 17.4 Å². The van der Waals surface area contributed by atoms with Gasteiger partial charge in [0.25, 0.3) is 0 Å². The zero-order valence-electron chi connectivity index (χ0n) is 11.0. The summed E-state index contributed by atoms with van der Waals surface area (Å²) in [5.41, 5.74) is -0.0457. The fourth-order valence-electron chi connectivity index (χ4n) is 1.29. The van der Waals surface area contributed by atoms with Crippen molar-refractivity contribution in [2.75, 3.05) is 31.4 Å². The molecule has 10 heteroatoms. The standard InChI is InChI=1S/C10H12N6O2S2/c1-11-7-5-4-6(16(17)18)8(12-7)19-10-14-13-9(20-10)15(2)3/h4-5H,1-3H3,(H,11,12). The van der Waals surface area contributed by atoms with Crippen LogP contribution in [-0.2, 0) is 0 Å². The van der Waals surface area contributed by atoms with Crippen LogP contribution in [0.1, 0.15) is 0 Å². The van der Waals surface area contributed by atoms with Crippen molar-refractivity contribution in [3.8, 4) is 0 Å². The van der Waals surface area contributed by atoms with Crippen LogP contribution in [0.4, 0.5) is 16.6 Å². The Morgan fingerprint density at radius 2 is 2.15 bits per heavy atom. The van der Waals surface area contributed by atoms with E-state index in [-0.39, 0.29) is 5.69 Å². The molecule has 20 heavy (non-hydrogen) atoms. The summed E-state index contributed by atoms with van der Waals surface area (Å²) < 4.78 is 0.609. The highest BCUT2D eigenvalue weighted by atomic mass is 32.2. The topological polar surface area (TPSA) is 97.1 Å². The molecule has 0 atom stereocenters. The molecule has 0 radical (unpaired) electrons. The van der Waals surface area contributed by atoms with Crippen LogP contribution in [0, 0.1) is 10.1 Å². The fraction of sp³-hybridized carbons (Fsp3) is 0.300. The molecular formula is C10H12N6O2S2. The summed E-state index contributed by atoms with van der Waals surface area (Å²) in [6, 6.07) is 2.99. The van der Waals surface area contributed by atoms with Crippen LogP contribution in [0.25, 0.3) is 0 Å². The summed E-state index contributed by atoms with van der Waals surface area (Å²) in [6.07, 6.45) is 0. The normalized spacial score (nSPS) is 10.3. The monoisotopic (exact) mass is 312 g/mol. The third kappa shape index (κ3) is 3.14. The van der Waals surface area contributed by atoms with E-state index < -0.39 is 4.92 Å². The first-order chi connectivity index (χ1) is 9.51. The zero-order valence-corrected chi connectivity index (χ0v) is 12.7. The molecule has 0 saturated carbocycles. The molecule has 2 aromatic rings. The maximum Gasteiger partial charge on any atom is 0.301 e. The predicted molar refractivity (Wildman–Crippen MR) is 78.8 cm³/mol. The summed E-state index contributed by atoms with van der Waals surface area (Å²) in [7, 11) is 5.42. The predicted octanol–water partition coefficient (Wildman–Crippen LogP) is 2.10. The van der Waals surface area contributed by atoms with Gasteiger partial charge in [0.2, 0.25) is 5.13 Å². The lowest BCUT2D eigenvalue weighted by Crippen LogP contribution is -2.07. The van der Waals surface area contributed by atoms with Crippen molar-refractivity contribution in [2.45, 2.75) is 9.37 Å². The second kappa shape index (κ2) is 6.01. The molecule has 0 unspecified atom stereocenters. The number of aromatic nitrogens is 3. The van der Waals surface area contributed by atoms with E-state index in [4.69, 9.17) is 0 Å². The van der Waals surface area contributed by atoms with Gasteiger partial charge in [-0.05, 0) is 17.8 Å². The maximum absolute atomic E-state index is 11.0. The van der Waals surface area contributed by atoms with Gasteiger partial charge in [-0.1, -0.05) is 11.3 Å². The maximum atomic E-state index is 11.0. The van der Waals surface area contributed by atoms with Gasteiger partial charge in [-0.15, -0.1) is 10.2 Å². The Bertz CT molecular complexity index is 630. The van der Waals surface area contributed by atoms with Crippen LogP contribution in [0.3, 0.4) is 0 Å². The highest BCUT2D eigenvalue weighted by molar-refractivity contribution is 8.01. The van der Waals surface area contributed by atoms with Crippen LogP contribution in [-0.4, -0.2) is 41.2 Å². The molecule has 0 aliphatic carbocycles. The van der Waals surface area contributed by atoms with Gasteiger partial charge in [-0.3, -0.25) is 10.1 Å². The fourth-order valence-corrected chi connectivity index (χ4v) is 3.06. The first kappa shape index (κ1) is 14.5. The van der Waals surface area contributed by atoms with Gasteiger partial charge in [-0.2, -0.15) is 0 Å². The lowest BCUT2D eigenvalue weighted by atomic mass is 10.4. The van der Waals surface area contributed by atoms with Crippen LogP contribution < -0.4 is 10.2 Å². The highest BCUT2D eigenvalue weighted by Crippen LogP contribution is 2.36. The molecule has 8 nitrogen and oxygen atoms in total. The molecule has 2 rings (SSSR count). The number of nitrogens with one attached hydrogen (secondary N) is 1. The molecule has 2 aromatic heterocycles.